The maximum atomic E-state index is 13.5. The monoisotopic (exact) mass is 398 g/mol. The third kappa shape index (κ3) is 5.56. The second-order valence-electron chi connectivity index (χ2n) is 6.75. The summed E-state index contributed by atoms with van der Waals surface area (Å²) in [4.78, 5) is 24.5. The second-order valence-corrected chi connectivity index (χ2v) is 6.75. The summed E-state index contributed by atoms with van der Waals surface area (Å²) < 4.78 is 16.6. The first-order valence-corrected chi connectivity index (χ1v) is 9.46. The number of carbonyl (C=O) groups is 1. The molecule has 3 rings (SSSR count). The Morgan fingerprint density at radius 2 is 2.07 bits per heavy atom. The van der Waals surface area contributed by atoms with Gasteiger partial charge in [-0.15, -0.1) is 5.10 Å². The van der Waals surface area contributed by atoms with Crippen LogP contribution >= 0.6 is 0 Å². The van der Waals surface area contributed by atoms with Crippen molar-refractivity contribution in [2.45, 2.75) is 38.8 Å². The molecule has 9 heteroatoms. The smallest absolute Gasteiger partial charge is 0.250 e. The van der Waals surface area contributed by atoms with Gasteiger partial charge < -0.3 is 9.88 Å². The van der Waals surface area contributed by atoms with Crippen molar-refractivity contribution >= 4 is 5.91 Å². The van der Waals surface area contributed by atoms with Crippen LogP contribution in [0.3, 0.4) is 0 Å². The summed E-state index contributed by atoms with van der Waals surface area (Å²) >= 11 is 0. The van der Waals surface area contributed by atoms with Gasteiger partial charge in [-0.2, -0.15) is 0 Å². The number of rotatable bonds is 9. The van der Waals surface area contributed by atoms with Crippen molar-refractivity contribution in [3.05, 3.63) is 76.2 Å². The molecule has 0 saturated carbocycles. The predicted molar refractivity (Wildman–Crippen MR) is 105 cm³/mol. The van der Waals surface area contributed by atoms with E-state index in [1.54, 1.807) is 35.9 Å². The maximum Gasteiger partial charge on any atom is 0.250 e. The van der Waals surface area contributed by atoms with Crippen LogP contribution in [0.25, 0.3) is 0 Å². The summed E-state index contributed by atoms with van der Waals surface area (Å²) in [5, 5.41) is 14.3. The van der Waals surface area contributed by atoms with Crippen LogP contribution in [0.1, 0.15) is 30.3 Å². The van der Waals surface area contributed by atoms with E-state index in [1.807, 2.05) is 6.07 Å². The molecule has 2 aromatic heterocycles. The Morgan fingerprint density at radius 3 is 2.79 bits per heavy atom. The van der Waals surface area contributed by atoms with Gasteiger partial charge in [-0.1, -0.05) is 18.2 Å². The summed E-state index contributed by atoms with van der Waals surface area (Å²) in [6.07, 6.45) is 3.49. The molecule has 0 bridgehead atoms. The van der Waals surface area contributed by atoms with Crippen LogP contribution in [0, 0.1) is 12.7 Å². The highest BCUT2D eigenvalue weighted by Crippen LogP contribution is 2.16. The van der Waals surface area contributed by atoms with Crippen LogP contribution < -0.4 is 10.9 Å². The van der Waals surface area contributed by atoms with E-state index in [-0.39, 0.29) is 23.7 Å². The Bertz CT molecular complexity index is 1020. The van der Waals surface area contributed by atoms with Gasteiger partial charge in [0.25, 0.3) is 0 Å². The van der Waals surface area contributed by atoms with E-state index in [9.17, 15) is 14.0 Å². The molecule has 2 heterocycles. The first-order valence-electron chi connectivity index (χ1n) is 9.46. The molecule has 0 saturated heterocycles. The molecule has 1 aromatic carbocycles. The summed E-state index contributed by atoms with van der Waals surface area (Å²) in [5.74, 6) is -0.0854. The number of halogens is 1. The minimum Gasteiger partial charge on any atom is -0.354 e. The summed E-state index contributed by atoms with van der Waals surface area (Å²) in [6.45, 7) is 2.76. The van der Waals surface area contributed by atoms with Gasteiger partial charge >= 0.3 is 0 Å². The first kappa shape index (κ1) is 20.4. The lowest BCUT2D eigenvalue weighted by molar-refractivity contribution is -0.124. The minimum absolute atomic E-state index is 0.0409. The zero-order valence-electron chi connectivity index (χ0n) is 16.2. The average molecular weight is 398 g/mol. The fourth-order valence-corrected chi connectivity index (χ4v) is 3.09. The van der Waals surface area contributed by atoms with Gasteiger partial charge in [-0.3, -0.25) is 9.59 Å². The van der Waals surface area contributed by atoms with Gasteiger partial charge in [-0.05, 0) is 54.0 Å². The molecule has 0 aliphatic carbocycles. The van der Waals surface area contributed by atoms with Crippen LogP contribution in [0.5, 0.6) is 0 Å². The fourth-order valence-electron chi connectivity index (χ4n) is 3.09. The molecule has 1 unspecified atom stereocenters. The van der Waals surface area contributed by atoms with Gasteiger partial charge in [0.15, 0.2) is 0 Å². The van der Waals surface area contributed by atoms with Crippen molar-refractivity contribution in [2.75, 3.05) is 6.54 Å². The Morgan fingerprint density at radius 1 is 1.21 bits per heavy atom. The van der Waals surface area contributed by atoms with Gasteiger partial charge in [0.1, 0.15) is 17.7 Å². The largest absolute Gasteiger partial charge is 0.354 e. The molecule has 1 atom stereocenters. The fraction of sp³-hybridized carbons (Fsp3) is 0.350. The van der Waals surface area contributed by atoms with Crippen LogP contribution in [0.4, 0.5) is 4.39 Å². The van der Waals surface area contributed by atoms with Crippen molar-refractivity contribution in [1.82, 2.24) is 30.1 Å². The minimum atomic E-state index is -0.677. The van der Waals surface area contributed by atoms with Crippen LogP contribution in [0.15, 0.2) is 53.5 Å². The van der Waals surface area contributed by atoms with E-state index in [0.717, 1.165) is 6.42 Å². The van der Waals surface area contributed by atoms with Crippen LogP contribution in [-0.4, -0.2) is 37.2 Å². The lowest BCUT2D eigenvalue weighted by Crippen LogP contribution is -2.35. The quantitative estimate of drug-likeness (QED) is 0.553. The molecule has 8 nitrogen and oxygen atoms in total. The molecule has 0 radical (unpaired) electrons. The molecular weight excluding hydrogens is 375 g/mol. The normalized spacial score (nSPS) is 11.9. The van der Waals surface area contributed by atoms with Gasteiger partial charge in [0.2, 0.25) is 11.5 Å². The van der Waals surface area contributed by atoms with E-state index in [2.05, 4.69) is 20.8 Å². The number of aryl methyl sites for hydroxylation is 2. The molecule has 0 aliphatic heterocycles. The van der Waals surface area contributed by atoms with Crippen molar-refractivity contribution in [3.63, 3.8) is 0 Å². The number of pyridine rings is 1. The number of aromatic nitrogens is 5. The van der Waals surface area contributed by atoms with Crippen LogP contribution in [-0.2, 0) is 17.8 Å². The number of tetrazole rings is 1. The number of amides is 1. The molecule has 0 fully saturated rings. The third-order valence-corrected chi connectivity index (χ3v) is 4.60. The topological polar surface area (TPSA) is 94.7 Å². The van der Waals surface area contributed by atoms with Gasteiger partial charge in [0, 0.05) is 31.8 Å². The Hall–Kier alpha value is -3.36. The summed E-state index contributed by atoms with van der Waals surface area (Å²) in [6, 6.07) is 10.5. The van der Waals surface area contributed by atoms with Crippen molar-refractivity contribution in [3.8, 4) is 0 Å². The van der Waals surface area contributed by atoms with Crippen molar-refractivity contribution < 1.29 is 9.18 Å². The highest BCUT2D eigenvalue weighted by molar-refractivity contribution is 5.80. The summed E-state index contributed by atoms with van der Waals surface area (Å²) in [5.41, 5.74) is 0.643. The molecule has 1 N–H and O–H groups in total. The third-order valence-electron chi connectivity index (χ3n) is 4.60. The Kier molecular flexibility index (Phi) is 6.83. The standard InChI is InChI=1S/C20H23FN6O2/c1-15-23-24-25-27(15)18(14-16-7-6-8-17(21)13-16)20(29)22-10-3-5-12-26-11-4-2-9-19(26)28/h2,4,6-9,11,13,18H,3,5,10,12,14H2,1H3,(H,22,29). The number of nitrogens with one attached hydrogen (secondary N) is 1. The van der Waals surface area contributed by atoms with Crippen molar-refractivity contribution in [2.24, 2.45) is 0 Å². The van der Waals surface area contributed by atoms with Crippen LogP contribution in [0.2, 0.25) is 0 Å². The highest BCUT2D eigenvalue weighted by Gasteiger charge is 2.24. The molecule has 152 valence electrons. The van der Waals surface area contributed by atoms with E-state index < -0.39 is 6.04 Å². The highest BCUT2D eigenvalue weighted by atomic mass is 19.1. The molecule has 0 aliphatic rings. The lowest BCUT2D eigenvalue weighted by atomic mass is 10.0. The van der Waals surface area contributed by atoms with Crippen molar-refractivity contribution in [1.29, 1.82) is 0 Å². The molecule has 1 amide bonds. The zero-order chi connectivity index (χ0) is 20.6. The number of hydrogen-bond acceptors (Lipinski definition) is 5. The molecule has 29 heavy (non-hydrogen) atoms. The lowest BCUT2D eigenvalue weighted by Gasteiger charge is -2.17. The average Bonchev–Trinajstić information content (AvgIpc) is 3.12. The maximum absolute atomic E-state index is 13.5. The van der Waals surface area contributed by atoms with E-state index in [1.165, 1.54) is 22.9 Å². The van der Waals surface area contributed by atoms with E-state index in [4.69, 9.17) is 0 Å². The second kappa shape index (κ2) is 9.72. The number of nitrogens with zero attached hydrogens (tertiary/aromatic N) is 5. The Balaban J connectivity index is 1.57. The molecular formula is C20H23FN6O2. The first-order chi connectivity index (χ1) is 14.0. The number of hydrogen-bond donors (Lipinski definition) is 1. The number of carbonyl (C=O) groups excluding carboxylic acids is 1. The SMILES string of the molecule is Cc1nnnn1C(Cc1cccc(F)c1)C(=O)NCCCCn1ccccc1=O. The molecule has 3 aromatic rings. The van der Waals surface area contributed by atoms with E-state index in [0.29, 0.717) is 30.9 Å². The van der Waals surface area contributed by atoms with Gasteiger partial charge in [-0.25, -0.2) is 9.07 Å². The number of unbranched alkanes of at least 4 members (excludes halogenated alkanes) is 1. The predicted octanol–water partition coefficient (Wildman–Crippen LogP) is 1.66. The van der Waals surface area contributed by atoms with Gasteiger partial charge in [0.05, 0.1) is 0 Å². The Labute approximate surface area is 167 Å². The molecule has 0 spiro atoms. The summed E-state index contributed by atoms with van der Waals surface area (Å²) in [7, 11) is 0. The zero-order valence-corrected chi connectivity index (χ0v) is 16.2. The number of benzene rings is 1. The van der Waals surface area contributed by atoms with E-state index >= 15 is 0 Å².